The quantitative estimate of drug-likeness (QED) is 0.891. The van der Waals surface area contributed by atoms with Gasteiger partial charge in [0.05, 0.1) is 23.3 Å². The van der Waals surface area contributed by atoms with Crippen LogP contribution in [0.1, 0.15) is 37.9 Å². The first-order valence-corrected chi connectivity index (χ1v) is 9.18. The highest BCUT2D eigenvalue weighted by Gasteiger charge is 2.21. The predicted octanol–water partition coefficient (Wildman–Crippen LogP) is 2.56. The number of imidazole rings is 1. The van der Waals surface area contributed by atoms with Crippen molar-refractivity contribution in [3.05, 3.63) is 30.1 Å². The lowest BCUT2D eigenvalue weighted by molar-refractivity contribution is 0.384. The zero-order chi connectivity index (χ0) is 14.7. The molecule has 0 atom stereocenters. The number of sulfonamides is 1. The van der Waals surface area contributed by atoms with Crippen LogP contribution >= 0.6 is 0 Å². The van der Waals surface area contributed by atoms with Gasteiger partial charge in [0, 0.05) is 0 Å². The molecule has 1 heterocycles. The number of benzene rings is 1. The van der Waals surface area contributed by atoms with E-state index >= 15 is 0 Å². The number of hydrogen-bond acceptors (Lipinski definition) is 3. The van der Waals surface area contributed by atoms with Crippen molar-refractivity contribution in [1.82, 2.24) is 14.7 Å². The van der Waals surface area contributed by atoms with Crippen molar-refractivity contribution in [3.63, 3.8) is 0 Å². The van der Waals surface area contributed by atoms with Gasteiger partial charge in [0.2, 0.25) is 10.0 Å². The fourth-order valence-corrected chi connectivity index (χ4v) is 4.42. The molecule has 0 aliphatic heterocycles. The maximum atomic E-state index is 12.1. The number of fused-ring (bicyclic) bond motifs is 1. The SMILES string of the molecule is O=S(=O)(CC1CCCCC1)NCc1nc2ccccc2[nH]1. The van der Waals surface area contributed by atoms with Crippen molar-refractivity contribution in [2.75, 3.05) is 5.75 Å². The molecule has 2 N–H and O–H groups in total. The summed E-state index contributed by atoms with van der Waals surface area (Å²) in [5.41, 5.74) is 1.79. The van der Waals surface area contributed by atoms with Gasteiger partial charge in [-0.15, -0.1) is 0 Å². The van der Waals surface area contributed by atoms with Crippen molar-refractivity contribution in [1.29, 1.82) is 0 Å². The van der Waals surface area contributed by atoms with Gasteiger partial charge in [-0.3, -0.25) is 0 Å². The molecule has 1 aromatic carbocycles. The van der Waals surface area contributed by atoms with Crippen molar-refractivity contribution in [3.8, 4) is 0 Å². The van der Waals surface area contributed by atoms with Crippen LogP contribution in [-0.4, -0.2) is 24.1 Å². The van der Waals surface area contributed by atoms with E-state index in [1.165, 1.54) is 6.42 Å². The summed E-state index contributed by atoms with van der Waals surface area (Å²) in [6, 6.07) is 7.69. The van der Waals surface area contributed by atoms with Gasteiger partial charge in [-0.05, 0) is 30.9 Å². The van der Waals surface area contributed by atoms with Crippen molar-refractivity contribution in [2.45, 2.75) is 38.6 Å². The average Bonchev–Trinajstić information content (AvgIpc) is 2.89. The van der Waals surface area contributed by atoms with Crippen LogP contribution in [0.15, 0.2) is 24.3 Å². The molecule has 1 fully saturated rings. The highest BCUT2D eigenvalue weighted by atomic mass is 32.2. The Kier molecular flexibility index (Phi) is 4.26. The molecule has 114 valence electrons. The Hall–Kier alpha value is -1.40. The molecule has 2 aromatic rings. The molecular weight excluding hydrogens is 286 g/mol. The molecule has 5 nitrogen and oxygen atoms in total. The monoisotopic (exact) mass is 307 g/mol. The van der Waals surface area contributed by atoms with E-state index < -0.39 is 10.0 Å². The van der Waals surface area contributed by atoms with Gasteiger partial charge >= 0.3 is 0 Å². The van der Waals surface area contributed by atoms with E-state index in [4.69, 9.17) is 0 Å². The summed E-state index contributed by atoms with van der Waals surface area (Å²) >= 11 is 0. The Balaban J connectivity index is 1.60. The molecule has 3 rings (SSSR count). The summed E-state index contributed by atoms with van der Waals surface area (Å²) in [6.45, 7) is 0.226. The third kappa shape index (κ3) is 3.83. The third-order valence-corrected chi connectivity index (χ3v) is 5.57. The molecule has 0 spiro atoms. The van der Waals surface area contributed by atoms with Gasteiger partial charge in [0.15, 0.2) is 0 Å². The molecule has 0 bridgehead atoms. The number of hydrogen-bond donors (Lipinski definition) is 2. The highest BCUT2D eigenvalue weighted by molar-refractivity contribution is 7.89. The van der Waals surface area contributed by atoms with Crippen LogP contribution in [0.25, 0.3) is 11.0 Å². The lowest BCUT2D eigenvalue weighted by atomic mass is 9.91. The van der Waals surface area contributed by atoms with Crippen LogP contribution in [0.4, 0.5) is 0 Å². The molecule has 0 amide bonds. The molecule has 1 saturated carbocycles. The largest absolute Gasteiger partial charge is 0.341 e. The molecule has 0 radical (unpaired) electrons. The molecule has 21 heavy (non-hydrogen) atoms. The second-order valence-electron chi connectivity index (χ2n) is 5.81. The summed E-state index contributed by atoms with van der Waals surface area (Å²) in [5.74, 6) is 1.21. The number of aromatic nitrogens is 2. The summed E-state index contributed by atoms with van der Waals surface area (Å²) < 4.78 is 26.9. The minimum atomic E-state index is -3.23. The minimum absolute atomic E-state index is 0.226. The Labute approximate surface area is 125 Å². The van der Waals surface area contributed by atoms with Crippen LogP contribution in [0.2, 0.25) is 0 Å². The molecule has 6 heteroatoms. The predicted molar refractivity (Wildman–Crippen MR) is 83.3 cm³/mol. The van der Waals surface area contributed by atoms with Crippen LogP contribution < -0.4 is 4.72 Å². The van der Waals surface area contributed by atoms with Gasteiger partial charge in [-0.2, -0.15) is 0 Å². The number of nitrogens with zero attached hydrogens (tertiary/aromatic N) is 1. The molecule has 0 saturated heterocycles. The fraction of sp³-hybridized carbons (Fsp3) is 0.533. The number of para-hydroxylation sites is 2. The number of nitrogens with one attached hydrogen (secondary N) is 2. The molecule has 1 aromatic heterocycles. The van der Waals surface area contributed by atoms with Crippen LogP contribution in [0.3, 0.4) is 0 Å². The fourth-order valence-electron chi connectivity index (χ4n) is 2.99. The van der Waals surface area contributed by atoms with Crippen molar-refractivity contribution >= 4 is 21.1 Å². The zero-order valence-corrected chi connectivity index (χ0v) is 12.8. The number of H-pyrrole nitrogens is 1. The third-order valence-electron chi connectivity index (χ3n) is 4.08. The van der Waals surface area contributed by atoms with E-state index in [9.17, 15) is 8.42 Å². The second kappa shape index (κ2) is 6.15. The van der Waals surface area contributed by atoms with E-state index in [-0.39, 0.29) is 12.3 Å². The Bertz CT molecular complexity index is 670. The molecule has 1 aliphatic carbocycles. The normalized spacial score (nSPS) is 17.3. The maximum absolute atomic E-state index is 12.1. The van der Waals surface area contributed by atoms with E-state index in [2.05, 4.69) is 14.7 Å². The lowest BCUT2D eigenvalue weighted by Crippen LogP contribution is -2.30. The van der Waals surface area contributed by atoms with Gasteiger partial charge < -0.3 is 4.98 Å². The maximum Gasteiger partial charge on any atom is 0.212 e. The smallest absolute Gasteiger partial charge is 0.212 e. The van der Waals surface area contributed by atoms with Gasteiger partial charge in [-0.1, -0.05) is 31.4 Å². The zero-order valence-electron chi connectivity index (χ0n) is 12.0. The standard InChI is InChI=1S/C15H21N3O2S/c19-21(20,11-12-6-2-1-3-7-12)16-10-15-17-13-8-4-5-9-14(13)18-15/h4-5,8-9,12,16H,1-3,6-7,10-11H2,(H,17,18). The van der Waals surface area contributed by atoms with Crippen LogP contribution in [0, 0.1) is 5.92 Å². The van der Waals surface area contributed by atoms with E-state index in [0.29, 0.717) is 11.7 Å². The van der Waals surface area contributed by atoms with Gasteiger partial charge in [0.25, 0.3) is 0 Å². The first kappa shape index (κ1) is 14.5. The summed E-state index contributed by atoms with van der Waals surface area (Å²) in [6.07, 6.45) is 5.62. The second-order valence-corrected chi connectivity index (χ2v) is 7.66. The lowest BCUT2D eigenvalue weighted by Gasteiger charge is -2.21. The Morgan fingerprint density at radius 1 is 1.19 bits per heavy atom. The first-order chi connectivity index (χ1) is 10.1. The summed E-state index contributed by atoms with van der Waals surface area (Å²) in [5, 5.41) is 0. The van der Waals surface area contributed by atoms with E-state index in [1.807, 2.05) is 24.3 Å². The molecular formula is C15H21N3O2S. The van der Waals surface area contributed by atoms with Crippen molar-refractivity contribution in [2.24, 2.45) is 5.92 Å². The Morgan fingerprint density at radius 2 is 1.95 bits per heavy atom. The summed E-state index contributed by atoms with van der Waals surface area (Å²) in [7, 11) is -3.23. The molecule has 0 unspecified atom stereocenters. The minimum Gasteiger partial charge on any atom is -0.341 e. The van der Waals surface area contributed by atoms with Crippen LogP contribution in [-0.2, 0) is 16.6 Å². The summed E-state index contributed by atoms with van der Waals surface area (Å²) in [4.78, 5) is 7.51. The van der Waals surface area contributed by atoms with Crippen LogP contribution in [0.5, 0.6) is 0 Å². The number of rotatable bonds is 5. The first-order valence-electron chi connectivity index (χ1n) is 7.53. The average molecular weight is 307 g/mol. The van der Waals surface area contributed by atoms with E-state index in [1.54, 1.807) is 0 Å². The van der Waals surface area contributed by atoms with Crippen molar-refractivity contribution < 1.29 is 8.42 Å². The molecule has 1 aliphatic rings. The number of aromatic amines is 1. The highest BCUT2D eigenvalue weighted by Crippen LogP contribution is 2.24. The van der Waals surface area contributed by atoms with E-state index in [0.717, 1.165) is 36.7 Å². The van der Waals surface area contributed by atoms with Gasteiger partial charge in [-0.25, -0.2) is 18.1 Å². The Morgan fingerprint density at radius 3 is 2.71 bits per heavy atom. The topological polar surface area (TPSA) is 74.8 Å². The van der Waals surface area contributed by atoms with Gasteiger partial charge in [0.1, 0.15) is 5.82 Å².